The highest BCUT2D eigenvalue weighted by molar-refractivity contribution is 7.21. The van der Waals surface area contributed by atoms with Crippen molar-refractivity contribution in [2.45, 2.75) is 6.18 Å². The van der Waals surface area contributed by atoms with Crippen LogP contribution in [0.25, 0.3) is 21.5 Å². The smallest absolute Gasteiger partial charge is 0.417 e. The number of hydrogen-bond donors (Lipinski definition) is 1. The predicted octanol–water partition coefficient (Wildman–Crippen LogP) is 5.80. The molecule has 0 spiro atoms. The number of methoxy groups -OCH3 is 1. The lowest BCUT2D eigenvalue weighted by Gasteiger charge is -2.11. The number of carbonyl (C=O) groups is 1. The molecule has 0 aliphatic heterocycles. The second kappa shape index (κ2) is 7.46. The Morgan fingerprint density at radius 2 is 1.73 bits per heavy atom. The van der Waals surface area contributed by atoms with Gasteiger partial charge in [0, 0.05) is 16.5 Å². The van der Waals surface area contributed by atoms with E-state index in [9.17, 15) is 18.0 Å². The lowest BCUT2D eigenvalue weighted by Crippen LogP contribution is -2.08. The molecule has 4 nitrogen and oxygen atoms in total. The fourth-order valence-corrected chi connectivity index (χ4v) is 4.23. The number of fused-ring (bicyclic) bond motifs is 1. The highest BCUT2D eigenvalue weighted by Gasteiger charge is 2.36. The number of nitrogens with two attached hydrogens (primary N) is 1. The molecule has 2 aromatic heterocycles. The van der Waals surface area contributed by atoms with Gasteiger partial charge in [-0.1, -0.05) is 30.3 Å². The zero-order chi connectivity index (χ0) is 21.5. The number of anilines is 1. The molecule has 30 heavy (non-hydrogen) atoms. The Labute approximate surface area is 173 Å². The molecule has 0 aliphatic rings. The summed E-state index contributed by atoms with van der Waals surface area (Å²) in [5, 5.41) is -0.246. The topological polar surface area (TPSA) is 65.2 Å². The van der Waals surface area contributed by atoms with Gasteiger partial charge in [0.15, 0.2) is 0 Å². The van der Waals surface area contributed by atoms with Gasteiger partial charge in [0.2, 0.25) is 5.78 Å². The third-order valence-electron chi connectivity index (χ3n) is 4.63. The van der Waals surface area contributed by atoms with Gasteiger partial charge in [-0.3, -0.25) is 4.79 Å². The third kappa shape index (κ3) is 3.50. The molecule has 0 saturated carbocycles. The molecular weight excluding hydrogens is 413 g/mol. The van der Waals surface area contributed by atoms with Crippen molar-refractivity contribution in [2.24, 2.45) is 0 Å². The number of rotatable bonds is 4. The molecule has 8 heteroatoms. The van der Waals surface area contributed by atoms with E-state index < -0.39 is 17.5 Å². The first-order valence-electron chi connectivity index (χ1n) is 8.84. The Balaban J connectivity index is 1.92. The van der Waals surface area contributed by atoms with Crippen molar-refractivity contribution in [3.05, 3.63) is 76.7 Å². The highest BCUT2D eigenvalue weighted by atomic mass is 32.1. The average molecular weight is 428 g/mol. The quantitative estimate of drug-likeness (QED) is 0.417. The Bertz CT molecular complexity index is 1230. The molecule has 0 aliphatic carbocycles. The van der Waals surface area contributed by atoms with Crippen molar-refractivity contribution in [3.8, 4) is 17.0 Å². The summed E-state index contributed by atoms with van der Waals surface area (Å²) < 4.78 is 46.7. The maximum Gasteiger partial charge on any atom is 0.417 e. The summed E-state index contributed by atoms with van der Waals surface area (Å²) in [7, 11) is 1.50. The van der Waals surface area contributed by atoms with E-state index in [1.165, 1.54) is 7.11 Å². The van der Waals surface area contributed by atoms with Gasteiger partial charge in [-0.05, 0) is 30.3 Å². The molecular formula is C22H15F3N2O2S. The minimum Gasteiger partial charge on any atom is -0.497 e. The summed E-state index contributed by atoms with van der Waals surface area (Å²) in [6.07, 6.45) is -4.66. The molecule has 0 bridgehead atoms. The van der Waals surface area contributed by atoms with Crippen LogP contribution in [0.1, 0.15) is 20.8 Å². The van der Waals surface area contributed by atoms with Crippen LogP contribution in [0.4, 0.5) is 18.9 Å². The minimum absolute atomic E-state index is 0.0427. The Hall–Kier alpha value is -3.39. The molecule has 0 fully saturated rings. The van der Waals surface area contributed by atoms with Crippen molar-refractivity contribution < 1.29 is 22.7 Å². The number of hydrogen-bond acceptors (Lipinski definition) is 5. The molecule has 0 amide bonds. The van der Waals surface area contributed by atoms with E-state index in [1.807, 2.05) is 0 Å². The number of carbonyl (C=O) groups excluding carboxylic acids is 1. The lowest BCUT2D eigenvalue weighted by atomic mass is 10.0. The normalized spacial score (nSPS) is 11.6. The first kappa shape index (κ1) is 19.9. The van der Waals surface area contributed by atoms with Crippen molar-refractivity contribution in [1.82, 2.24) is 4.98 Å². The van der Waals surface area contributed by atoms with Crippen LogP contribution in [0.2, 0.25) is 0 Å². The van der Waals surface area contributed by atoms with Gasteiger partial charge in [-0.15, -0.1) is 11.3 Å². The highest BCUT2D eigenvalue weighted by Crippen LogP contribution is 2.44. The van der Waals surface area contributed by atoms with Gasteiger partial charge in [0.25, 0.3) is 0 Å². The van der Waals surface area contributed by atoms with Gasteiger partial charge in [-0.25, -0.2) is 4.98 Å². The molecule has 152 valence electrons. The zero-order valence-corrected chi connectivity index (χ0v) is 16.5. The van der Waals surface area contributed by atoms with Crippen molar-refractivity contribution in [3.63, 3.8) is 0 Å². The first-order valence-corrected chi connectivity index (χ1v) is 9.65. The van der Waals surface area contributed by atoms with E-state index in [0.717, 1.165) is 17.4 Å². The SMILES string of the molecule is COc1ccc(-c2cc(C(F)(F)F)c3c(N)c(C(=O)c4ccccc4)sc3n2)cc1. The van der Waals surface area contributed by atoms with Gasteiger partial charge in [0.1, 0.15) is 15.5 Å². The van der Waals surface area contributed by atoms with Crippen LogP contribution < -0.4 is 10.5 Å². The van der Waals surface area contributed by atoms with Crippen molar-refractivity contribution in [1.29, 1.82) is 0 Å². The number of halogens is 3. The average Bonchev–Trinajstić information content (AvgIpc) is 3.09. The molecule has 0 radical (unpaired) electrons. The fourth-order valence-electron chi connectivity index (χ4n) is 3.14. The number of benzene rings is 2. The van der Waals surface area contributed by atoms with Gasteiger partial charge < -0.3 is 10.5 Å². The first-order chi connectivity index (χ1) is 14.3. The summed E-state index contributed by atoms with van der Waals surface area (Å²) in [4.78, 5) is 17.3. The molecule has 2 heterocycles. The van der Waals surface area contributed by atoms with Crippen LogP contribution in [0.15, 0.2) is 60.7 Å². The standard InChI is InChI=1S/C22H15F3N2O2S/c1-29-14-9-7-12(8-10-14)16-11-15(22(23,24)25)17-18(26)20(30-21(17)27-16)19(28)13-5-3-2-4-6-13/h2-11H,26H2,1H3. The summed E-state index contributed by atoms with van der Waals surface area (Å²) >= 11 is 0.863. The van der Waals surface area contributed by atoms with Crippen LogP contribution in [0.5, 0.6) is 5.75 Å². The molecule has 0 saturated heterocycles. The van der Waals surface area contributed by atoms with Crippen molar-refractivity contribution in [2.75, 3.05) is 12.8 Å². The number of aromatic nitrogens is 1. The number of nitrogen functional groups attached to an aromatic ring is 1. The Morgan fingerprint density at radius 1 is 1.07 bits per heavy atom. The third-order valence-corrected chi connectivity index (χ3v) is 5.73. The van der Waals surface area contributed by atoms with Gasteiger partial charge in [0.05, 0.1) is 24.1 Å². The van der Waals surface area contributed by atoms with E-state index >= 15 is 0 Å². The molecule has 0 unspecified atom stereocenters. The summed E-state index contributed by atoms with van der Waals surface area (Å²) in [6, 6.07) is 15.8. The number of ketones is 1. The van der Waals surface area contributed by atoms with Crippen LogP contribution in [-0.4, -0.2) is 17.9 Å². The largest absolute Gasteiger partial charge is 0.497 e. The van der Waals surface area contributed by atoms with E-state index in [4.69, 9.17) is 10.5 Å². The van der Waals surface area contributed by atoms with Crippen molar-refractivity contribution >= 4 is 33.0 Å². The second-order valence-corrected chi connectivity index (χ2v) is 7.50. The maximum atomic E-state index is 13.9. The van der Waals surface area contributed by atoms with E-state index in [1.54, 1.807) is 54.6 Å². The molecule has 2 aromatic carbocycles. The van der Waals surface area contributed by atoms with E-state index in [0.29, 0.717) is 16.9 Å². The van der Waals surface area contributed by atoms with E-state index in [2.05, 4.69) is 4.98 Å². The maximum absolute atomic E-state index is 13.9. The van der Waals surface area contributed by atoms with Crippen LogP contribution in [-0.2, 0) is 6.18 Å². The monoisotopic (exact) mass is 428 g/mol. The van der Waals surface area contributed by atoms with E-state index in [-0.39, 0.29) is 26.5 Å². The van der Waals surface area contributed by atoms with Gasteiger partial charge >= 0.3 is 6.18 Å². The minimum atomic E-state index is -4.66. The Morgan fingerprint density at radius 3 is 2.33 bits per heavy atom. The zero-order valence-electron chi connectivity index (χ0n) is 15.7. The number of ether oxygens (including phenoxy) is 1. The van der Waals surface area contributed by atoms with Gasteiger partial charge in [-0.2, -0.15) is 13.2 Å². The lowest BCUT2D eigenvalue weighted by molar-refractivity contribution is -0.136. The summed E-state index contributed by atoms with van der Waals surface area (Å²) in [5.74, 6) is 0.141. The fraction of sp³-hybridized carbons (Fsp3) is 0.0909. The number of pyridine rings is 1. The van der Waals surface area contributed by atoms with Crippen LogP contribution in [0.3, 0.4) is 0 Å². The summed E-state index contributed by atoms with van der Waals surface area (Å²) in [6.45, 7) is 0. The van der Waals surface area contributed by atoms with Crippen LogP contribution in [0, 0.1) is 0 Å². The van der Waals surface area contributed by atoms with Crippen LogP contribution >= 0.6 is 11.3 Å². The molecule has 4 rings (SSSR count). The molecule has 2 N–H and O–H groups in total. The second-order valence-electron chi connectivity index (χ2n) is 6.50. The number of thiophene rings is 1. The number of nitrogens with zero attached hydrogens (tertiary/aromatic N) is 1. The Kier molecular flexibility index (Phi) is 4.95. The summed E-state index contributed by atoms with van der Waals surface area (Å²) in [5.41, 5.74) is 5.89. The molecule has 0 atom stereocenters. The molecule has 4 aromatic rings. The predicted molar refractivity (Wildman–Crippen MR) is 111 cm³/mol. The number of alkyl halides is 3.